The third-order valence-corrected chi connectivity index (χ3v) is 16.0. The molecule has 2 saturated heterocycles. The SMILES string of the molecule is CC(=O)O[C@@H]([C@H]1CC(C)C2C(O1)C(N)[C@@]1(C)[C@@H]3CC[C@H]4C(C)(C)[C@@H](O[C@@H]5OC[C@@H](O)[C@H](O)[C@H]5O)CC[C@@]45C[C@@]35CC[C@]21C)C(C)(C)O. The van der Waals surface area contributed by atoms with Crippen molar-refractivity contribution in [1.29, 1.82) is 0 Å². The second-order valence-electron chi connectivity index (χ2n) is 18.7. The van der Waals surface area contributed by atoms with Crippen LogP contribution in [0.15, 0.2) is 0 Å². The summed E-state index contributed by atoms with van der Waals surface area (Å²) in [5.41, 5.74) is 6.42. The number of nitrogens with two attached hydrogens (primary N) is 1. The maximum Gasteiger partial charge on any atom is 0.303 e. The first kappa shape index (κ1) is 34.6. The molecular weight excluding hydrogens is 602 g/mol. The van der Waals surface area contributed by atoms with E-state index < -0.39 is 48.4 Å². The van der Waals surface area contributed by atoms with Crippen LogP contribution in [-0.4, -0.2) is 93.7 Å². The highest BCUT2D eigenvalue weighted by molar-refractivity contribution is 5.66. The summed E-state index contributed by atoms with van der Waals surface area (Å²) in [6.07, 6.45) is 2.27. The number of aliphatic hydroxyl groups is 4. The Hall–Kier alpha value is -0.850. The molecule has 2 aliphatic heterocycles. The fourth-order valence-corrected chi connectivity index (χ4v) is 13.8. The Bertz CT molecular complexity index is 1250. The van der Waals surface area contributed by atoms with Crippen LogP contribution in [0.2, 0.25) is 0 Å². The summed E-state index contributed by atoms with van der Waals surface area (Å²) in [7, 11) is 0. The van der Waals surface area contributed by atoms with Crippen LogP contribution in [-0.2, 0) is 23.7 Å². The zero-order valence-electron chi connectivity index (χ0n) is 29.8. The van der Waals surface area contributed by atoms with Crippen LogP contribution in [0.25, 0.3) is 0 Å². The van der Waals surface area contributed by atoms with E-state index in [1.165, 1.54) is 19.8 Å². The van der Waals surface area contributed by atoms with Gasteiger partial charge in [-0.2, -0.15) is 0 Å². The van der Waals surface area contributed by atoms with Gasteiger partial charge in [-0.15, -0.1) is 0 Å². The predicted octanol–water partition coefficient (Wildman–Crippen LogP) is 3.29. The number of aliphatic hydroxyl groups excluding tert-OH is 3. The number of esters is 1. The lowest BCUT2D eigenvalue weighted by Gasteiger charge is -2.64. The Morgan fingerprint density at radius 2 is 1.64 bits per heavy atom. The van der Waals surface area contributed by atoms with Crippen molar-refractivity contribution >= 4 is 5.97 Å². The van der Waals surface area contributed by atoms with Crippen LogP contribution in [0.4, 0.5) is 0 Å². The van der Waals surface area contributed by atoms with Crippen molar-refractivity contribution < 1.29 is 44.2 Å². The lowest BCUT2D eigenvalue weighted by atomic mass is 9.41. The average Bonchev–Trinajstić information content (AvgIpc) is 3.61. The van der Waals surface area contributed by atoms with Crippen molar-refractivity contribution in [2.24, 2.45) is 56.5 Å². The first-order chi connectivity index (χ1) is 21.8. The van der Waals surface area contributed by atoms with Crippen molar-refractivity contribution in [2.45, 2.75) is 167 Å². The summed E-state index contributed by atoms with van der Waals surface area (Å²) in [5, 5.41) is 41.9. The molecule has 10 nitrogen and oxygen atoms in total. The molecule has 268 valence electrons. The van der Waals surface area contributed by atoms with Crippen LogP contribution in [0, 0.1) is 50.7 Å². The zero-order valence-corrected chi connectivity index (χ0v) is 29.8. The van der Waals surface area contributed by atoms with Crippen LogP contribution < -0.4 is 5.73 Å². The first-order valence-corrected chi connectivity index (χ1v) is 18.4. The molecule has 5 aliphatic carbocycles. The van der Waals surface area contributed by atoms with E-state index >= 15 is 0 Å². The molecule has 17 atom stereocenters. The Morgan fingerprint density at radius 3 is 2.30 bits per heavy atom. The van der Waals surface area contributed by atoms with E-state index in [2.05, 4.69) is 34.6 Å². The highest BCUT2D eigenvalue weighted by Crippen LogP contribution is 2.89. The monoisotopic (exact) mass is 663 g/mol. The second-order valence-corrected chi connectivity index (χ2v) is 18.7. The fraction of sp³-hybridized carbons (Fsp3) is 0.973. The molecule has 0 aromatic rings. The lowest BCUT2D eigenvalue weighted by molar-refractivity contribution is -0.302. The summed E-state index contributed by atoms with van der Waals surface area (Å²) in [6.45, 7) is 16.6. The molecule has 6 N–H and O–H groups in total. The van der Waals surface area contributed by atoms with Gasteiger partial charge >= 0.3 is 5.97 Å². The first-order valence-electron chi connectivity index (χ1n) is 18.4. The smallest absolute Gasteiger partial charge is 0.303 e. The molecule has 0 bridgehead atoms. The number of hydrogen-bond acceptors (Lipinski definition) is 10. The van der Waals surface area contributed by atoms with Gasteiger partial charge < -0.3 is 45.1 Å². The summed E-state index contributed by atoms with van der Waals surface area (Å²) in [5.74, 6) is 1.12. The molecule has 5 saturated carbocycles. The molecule has 2 spiro atoms. The van der Waals surface area contributed by atoms with Gasteiger partial charge in [-0.1, -0.05) is 34.6 Å². The van der Waals surface area contributed by atoms with Crippen LogP contribution in [0.3, 0.4) is 0 Å². The minimum atomic E-state index is -1.28. The van der Waals surface area contributed by atoms with Gasteiger partial charge in [-0.25, -0.2) is 0 Å². The van der Waals surface area contributed by atoms with Crippen molar-refractivity contribution in [3.8, 4) is 0 Å². The van der Waals surface area contributed by atoms with Gasteiger partial charge in [0, 0.05) is 13.0 Å². The van der Waals surface area contributed by atoms with Crippen molar-refractivity contribution in [3.05, 3.63) is 0 Å². The van der Waals surface area contributed by atoms with Gasteiger partial charge in [0.1, 0.15) is 18.3 Å². The van der Waals surface area contributed by atoms with Gasteiger partial charge in [-0.3, -0.25) is 4.79 Å². The number of carbonyl (C=O) groups is 1. The largest absolute Gasteiger partial charge is 0.457 e. The summed E-state index contributed by atoms with van der Waals surface area (Å²) in [4.78, 5) is 12.1. The van der Waals surface area contributed by atoms with Gasteiger partial charge in [0.2, 0.25) is 0 Å². The number of fused-ring (bicyclic) bond motifs is 4. The van der Waals surface area contributed by atoms with Crippen LogP contribution in [0.1, 0.15) is 107 Å². The second kappa shape index (κ2) is 10.8. The Kier molecular flexibility index (Phi) is 7.97. The zero-order chi connectivity index (χ0) is 34.3. The molecule has 0 amide bonds. The molecular formula is C37H61NO9. The Morgan fingerprint density at radius 1 is 0.979 bits per heavy atom. The fourth-order valence-electron chi connectivity index (χ4n) is 13.8. The highest BCUT2D eigenvalue weighted by Gasteiger charge is 2.84. The quantitative estimate of drug-likeness (QED) is 0.218. The molecule has 7 rings (SSSR count). The lowest BCUT2D eigenvalue weighted by Crippen LogP contribution is -2.62. The van der Waals surface area contributed by atoms with E-state index in [1.54, 1.807) is 13.8 Å². The summed E-state index contributed by atoms with van der Waals surface area (Å²) < 4.78 is 24.8. The average molecular weight is 664 g/mol. The molecule has 2 heterocycles. The van der Waals surface area contributed by atoms with Crippen molar-refractivity contribution in [1.82, 2.24) is 0 Å². The number of ether oxygens (including phenoxy) is 4. The Labute approximate surface area is 280 Å². The van der Waals surface area contributed by atoms with Crippen molar-refractivity contribution in [3.63, 3.8) is 0 Å². The van der Waals surface area contributed by atoms with E-state index in [9.17, 15) is 25.2 Å². The summed E-state index contributed by atoms with van der Waals surface area (Å²) >= 11 is 0. The maximum absolute atomic E-state index is 12.1. The molecule has 7 fully saturated rings. The Balaban J connectivity index is 1.14. The van der Waals surface area contributed by atoms with Gasteiger partial charge in [0.15, 0.2) is 12.4 Å². The number of carbonyl (C=O) groups excluding carboxylic acids is 1. The molecule has 0 aromatic carbocycles. The van der Waals surface area contributed by atoms with Crippen LogP contribution in [0.5, 0.6) is 0 Å². The van der Waals surface area contributed by atoms with Gasteiger partial charge in [0.25, 0.3) is 0 Å². The van der Waals surface area contributed by atoms with Gasteiger partial charge in [-0.05, 0) is 116 Å². The minimum Gasteiger partial charge on any atom is -0.457 e. The van der Waals surface area contributed by atoms with E-state index in [4.69, 9.17) is 24.7 Å². The molecule has 47 heavy (non-hydrogen) atoms. The van der Waals surface area contributed by atoms with E-state index in [-0.39, 0.29) is 51.9 Å². The molecule has 0 aromatic heterocycles. The normalized spacial score (nSPS) is 55.4. The topological polar surface area (TPSA) is 161 Å². The summed E-state index contributed by atoms with van der Waals surface area (Å²) in [6, 6.07) is -0.168. The van der Waals surface area contributed by atoms with Crippen molar-refractivity contribution in [2.75, 3.05) is 6.61 Å². The molecule has 4 unspecified atom stereocenters. The highest BCUT2D eigenvalue weighted by atomic mass is 16.7. The molecule has 10 heteroatoms. The van der Waals surface area contributed by atoms with E-state index in [0.29, 0.717) is 30.1 Å². The standard InChI is InChI=1S/C37H61NO9/c1-18-15-21(30(33(5,6)43)45-19(2)39)46-28-25(18)34(7)13-14-37-17-36(37)12-11-24(47-31-27(42)26(41)20(40)16-44-31)32(3,4)22(36)9-10-23(37)35(34,8)29(28)38/h18,20-31,40-43H,9-17,38H2,1-8H3/t18?,20-,21-,22+,23+,24+,25?,26+,27-,28?,29?,30+,31+,34-,35-,36-,37+/m1/s1. The molecule has 0 radical (unpaired) electrons. The maximum atomic E-state index is 12.1. The third-order valence-electron chi connectivity index (χ3n) is 16.0. The number of rotatable bonds is 5. The number of hydrogen-bond donors (Lipinski definition) is 5. The molecule has 7 aliphatic rings. The third kappa shape index (κ3) is 4.54. The minimum absolute atomic E-state index is 0.00928. The van der Waals surface area contributed by atoms with Crippen LogP contribution >= 0.6 is 0 Å². The predicted molar refractivity (Wildman–Crippen MR) is 173 cm³/mol. The van der Waals surface area contributed by atoms with E-state index in [0.717, 1.165) is 32.1 Å². The van der Waals surface area contributed by atoms with Gasteiger partial charge in [0.05, 0.1) is 30.5 Å². The van der Waals surface area contributed by atoms with E-state index in [1.807, 2.05) is 0 Å².